The molecule has 3 aromatic rings. The minimum Gasteiger partial charge on any atom is -0.376 e. The SMILES string of the molecule is Cc1ccc(C)c(NC(=O)C[C@@H]2C(=O)N(C[C@@H]3CCCO3)c3nc4ccccc4n32)c1. The Labute approximate surface area is 181 Å². The van der Waals surface area contributed by atoms with Gasteiger partial charge >= 0.3 is 0 Å². The summed E-state index contributed by atoms with van der Waals surface area (Å²) >= 11 is 0. The molecule has 2 amide bonds. The Morgan fingerprint density at radius 1 is 1.23 bits per heavy atom. The third-order valence-corrected chi connectivity index (χ3v) is 6.14. The van der Waals surface area contributed by atoms with E-state index in [1.165, 1.54) is 0 Å². The number of para-hydroxylation sites is 2. The van der Waals surface area contributed by atoms with Crippen molar-refractivity contribution in [3.05, 3.63) is 53.6 Å². The summed E-state index contributed by atoms with van der Waals surface area (Å²) in [7, 11) is 0. The van der Waals surface area contributed by atoms with Crippen LogP contribution in [0.5, 0.6) is 0 Å². The summed E-state index contributed by atoms with van der Waals surface area (Å²) in [6.07, 6.45) is 2.01. The smallest absolute Gasteiger partial charge is 0.253 e. The van der Waals surface area contributed by atoms with Gasteiger partial charge in [-0.15, -0.1) is 0 Å². The molecule has 3 heterocycles. The van der Waals surface area contributed by atoms with E-state index >= 15 is 0 Å². The molecule has 5 rings (SSSR count). The molecule has 2 aromatic carbocycles. The molecule has 2 aliphatic rings. The predicted octanol–water partition coefficient (Wildman–Crippen LogP) is 3.75. The van der Waals surface area contributed by atoms with Crippen molar-refractivity contribution >= 4 is 34.5 Å². The largest absolute Gasteiger partial charge is 0.376 e. The lowest BCUT2D eigenvalue weighted by Gasteiger charge is -2.19. The summed E-state index contributed by atoms with van der Waals surface area (Å²) in [4.78, 5) is 32.8. The maximum atomic E-state index is 13.4. The molecular weight excluding hydrogens is 392 g/mol. The van der Waals surface area contributed by atoms with Crippen LogP contribution in [0, 0.1) is 13.8 Å². The first kappa shape index (κ1) is 19.8. The topological polar surface area (TPSA) is 76.5 Å². The van der Waals surface area contributed by atoms with Gasteiger partial charge in [0.05, 0.1) is 30.1 Å². The highest BCUT2D eigenvalue weighted by Crippen LogP contribution is 2.37. The van der Waals surface area contributed by atoms with Gasteiger partial charge in [0.25, 0.3) is 5.91 Å². The molecule has 1 fully saturated rings. The Bertz CT molecular complexity index is 1160. The van der Waals surface area contributed by atoms with Gasteiger partial charge in [-0.3, -0.25) is 19.1 Å². The highest BCUT2D eigenvalue weighted by atomic mass is 16.5. The van der Waals surface area contributed by atoms with E-state index in [0.717, 1.165) is 47.3 Å². The Hall–Kier alpha value is -3.19. The molecule has 1 N–H and O–H groups in total. The van der Waals surface area contributed by atoms with Crippen LogP contribution in [0.15, 0.2) is 42.5 Å². The van der Waals surface area contributed by atoms with Gasteiger partial charge in [0.2, 0.25) is 11.9 Å². The molecule has 7 heteroatoms. The van der Waals surface area contributed by atoms with Gasteiger partial charge in [-0.05, 0) is 56.0 Å². The van der Waals surface area contributed by atoms with Crippen molar-refractivity contribution in [2.24, 2.45) is 0 Å². The third-order valence-electron chi connectivity index (χ3n) is 6.14. The maximum Gasteiger partial charge on any atom is 0.253 e. The van der Waals surface area contributed by atoms with E-state index < -0.39 is 6.04 Å². The molecule has 7 nitrogen and oxygen atoms in total. The third kappa shape index (κ3) is 3.59. The van der Waals surface area contributed by atoms with E-state index in [4.69, 9.17) is 9.72 Å². The van der Waals surface area contributed by atoms with Crippen LogP contribution >= 0.6 is 0 Å². The number of carbonyl (C=O) groups is 2. The number of anilines is 2. The monoisotopic (exact) mass is 418 g/mol. The fourth-order valence-corrected chi connectivity index (χ4v) is 4.51. The highest BCUT2D eigenvalue weighted by Gasteiger charge is 2.42. The molecule has 0 bridgehead atoms. The maximum absolute atomic E-state index is 13.4. The minimum absolute atomic E-state index is 0.0136. The van der Waals surface area contributed by atoms with Crippen molar-refractivity contribution in [3.63, 3.8) is 0 Å². The number of nitrogens with one attached hydrogen (secondary N) is 1. The number of amides is 2. The Morgan fingerprint density at radius 3 is 2.87 bits per heavy atom. The number of nitrogens with zero attached hydrogens (tertiary/aromatic N) is 3. The second-order valence-electron chi connectivity index (χ2n) is 8.44. The van der Waals surface area contributed by atoms with E-state index in [9.17, 15) is 9.59 Å². The van der Waals surface area contributed by atoms with Gasteiger partial charge in [-0.2, -0.15) is 0 Å². The number of aromatic nitrogens is 2. The fourth-order valence-electron chi connectivity index (χ4n) is 4.51. The number of fused-ring (bicyclic) bond motifs is 3. The summed E-state index contributed by atoms with van der Waals surface area (Å²) in [5, 5.41) is 2.99. The molecular formula is C24H26N4O3. The van der Waals surface area contributed by atoms with Crippen LogP contribution < -0.4 is 10.2 Å². The normalized spacial score (nSPS) is 20.5. The molecule has 0 radical (unpaired) electrons. The Morgan fingerprint density at radius 2 is 2.06 bits per heavy atom. The van der Waals surface area contributed by atoms with Gasteiger partial charge in [0.15, 0.2) is 0 Å². The molecule has 31 heavy (non-hydrogen) atoms. The van der Waals surface area contributed by atoms with Crippen molar-refractivity contribution in [3.8, 4) is 0 Å². The van der Waals surface area contributed by atoms with Gasteiger partial charge < -0.3 is 10.1 Å². The first-order valence-electron chi connectivity index (χ1n) is 10.8. The zero-order chi connectivity index (χ0) is 21.5. The number of ether oxygens (including phenoxy) is 1. The molecule has 1 aromatic heterocycles. The van der Waals surface area contributed by atoms with Crippen molar-refractivity contribution in [2.45, 2.75) is 45.3 Å². The standard InChI is InChI=1S/C24H26N4O3/c1-15-9-10-16(2)19(12-15)25-22(29)13-21-23(30)27(14-17-6-5-11-31-17)24-26-18-7-3-4-8-20(18)28(21)24/h3-4,7-10,12,17,21H,5-6,11,13-14H2,1-2H3,(H,25,29)/t17-,21+/m0/s1. The molecule has 0 spiro atoms. The van der Waals surface area contributed by atoms with Gasteiger partial charge in [-0.1, -0.05) is 24.3 Å². The molecule has 1 saturated heterocycles. The van der Waals surface area contributed by atoms with Crippen molar-refractivity contribution in [1.82, 2.24) is 9.55 Å². The molecule has 2 aliphatic heterocycles. The van der Waals surface area contributed by atoms with Crippen LogP contribution in [0.1, 0.15) is 36.4 Å². The molecule has 0 unspecified atom stereocenters. The van der Waals surface area contributed by atoms with Crippen LogP contribution in [-0.2, 0) is 14.3 Å². The van der Waals surface area contributed by atoms with Gasteiger partial charge in [-0.25, -0.2) is 4.98 Å². The number of benzene rings is 2. The summed E-state index contributed by atoms with van der Waals surface area (Å²) in [5.74, 6) is 0.320. The summed E-state index contributed by atoms with van der Waals surface area (Å²) in [6.45, 7) is 5.14. The predicted molar refractivity (Wildman–Crippen MR) is 119 cm³/mol. The quantitative estimate of drug-likeness (QED) is 0.685. The van der Waals surface area contributed by atoms with Crippen molar-refractivity contribution in [1.29, 1.82) is 0 Å². The van der Waals surface area contributed by atoms with Crippen molar-refractivity contribution < 1.29 is 14.3 Å². The van der Waals surface area contributed by atoms with E-state index in [1.54, 1.807) is 4.90 Å². The molecule has 0 aliphatic carbocycles. The average Bonchev–Trinajstić information content (AvgIpc) is 3.44. The Kier molecular flexibility index (Phi) is 4.98. The summed E-state index contributed by atoms with van der Waals surface area (Å²) in [6, 6.07) is 13.1. The number of carbonyl (C=O) groups excluding carboxylic acids is 2. The number of rotatable bonds is 5. The van der Waals surface area contributed by atoms with Crippen LogP contribution in [0.2, 0.25) is 0 Å². The van der Waals surface area contributed by atoms with E-state index in [1.807, 2.05) is 60.9 Å². The van der Waals surface area contributed by atoms with Crippen LogP contribution in [0.4, 0.5) is 11.6 Å². The number of hydrogen-bond acceptors (Lipinski definition) is 4. The summed E-state index contributed by atoms with van der Waals surface area (Å²) < 4.78 is 7.67. The zero-order valence-electron chi connectivity index (χ0n) is 17.8. The molecule has 0 saturated carbocycles. The van der Waals surface area contributed by atoms with E-state index in [-0.39, 0.29) is 24.3 Å². The van der Waals surface area contributed by atoms with Gasteiger partial charge in [0.1, 0.15) is 6.04 Å². The van der Waals surface area contributed by atoms with Crippen LogP contribution in [0.25, 0.3) is 11.0 Å². The second kappa shape index (κ2) is 7.81. The first-order chi connectivity index (χ1) is 15.0. The fraction of sp³-hybridized carbons (Fsp3) is 0.375. The van der Waals surface area contributed by atoms with E-state index in [0.29, 0.717) is 12.5 Å². The first-order valence-corrected chi connectivity index (χ1v) is 10.8. The number of aryl methyl sites for hydroxylation is 2. The lowest BCUT2D eigenvalue weighted by Crippen LogP contribution is -2.37. The number of hydrogen-bond donors (Lipinski definition) is 1. The lowest BCUT2D eigenvalue weighted by molar-refractivity contribution is -0.124. The van der Waals surface area contributed by atoms with Crippen LogP contribution in [-0.4, -0.2) is 40.6 Å². The van der Waals surface area contributed by atoms with Gasteiger partial charge in [0, 0.05) is 12.3 Å². The molecule has 2 atom stereocenters. The van der Waals surface area contributed by atoms with Crippen LogP contribution in [0.3, 0.4) is 0 Å². The molecule has 160 valence electrons. The number of imidazole rings is 1. The highest BCUT2D eigenvalue weighted by molar-refractivity contribution is 6.05. The Balaban J connectivity index is 1.44. The zero-order valence-corrected chi connectivity index (χ0v) is 17.8. The minimum atomic E-state index is -0.617. The van der Waals surface area contributed by atoms with E-state index in [2.05, 4.69) is 5.32 Å². The lowest BCUT2D eigenvalue weighted by atomic mass is 10.1. The second-order valence-corrected chi connectivity index (χ2v) is 8.44. The average molecular weight is 418 g/mol. The summed E-state index contributed by atoms with van der Waals surface area (Å²) in [5.41, 5.74) is 4.53. The van der Waals surface area contributed by atoms with Crippen molar-refractivity contribution in [2.75, 3.05) is 23.4 Å².